The molecule has 3 heterocycles. The molecule has 0 amide bonds. The average Bonchev–Trinajstić information content (AvgIpc) is 2.91. The van der Waals surface area contributed by atoms with Crippen molar-refractivity contribution in [1.29, 1.82) is 0 Å². The molecule has 188 valence electrons. The van der Waals surface area contributed by atoms with Crippen molar-refractivity contribution in [2.45, 2.75) is 13.0 Å². The number of benzene rings is 2. The van der Waals surface area contributed by atoms with Crippen LogP contribution in [-0.2, 0) is 0 Å². The zero-order valence-electron chi connectivity index (χ0n) is 19.8. The number of nitrogens with two attached hydrogens (primary N) is 1. The van der Waals surface area contributed by atoms with E-state index in [0.29, 0.717) is 33.6 Å². The van der Waals surface area contributed by atoms with Gasteiger partial charge >= 0.3 is 0 Å². The third kappa shape index (κ3) is 4.87. The molecule has 3 aromatic heterocycles. The maximum absolute atomic E-state index is 13.7. The Bertz CT molecular complexity index is 1780. The van der Waals surface area contributed by atoms with Crippen molar-refractivity contribution in [2.75, 3.05) is 11.1 Å². The molecule has 0 aliphatic rings. The first-order valence-electron chi connectivity index (χ1n) is 11.3. The van der Waals surface area contributed by atoms with Crippen LogP contribution in [0.3, 0.4) is 0 Å². The maximum atomic E-state index is 13.7. The number of fused-ring (bicyclic) bond motifs is 1. The first-order valence-corrected chi connectivity index (χ1v) is 12.1. The van der Waals surface area contributed by atoms with E-state index in [9.17, 15) is 9.18 Å². The van der Waals surface area contributed by atoms with Crippen molar-refractivity contribution in [3.05, 3.63) is 110 Å². The SMILES string of the molecule is CC(Nc1ncnc(N)c1C#Cc1ccc(F)cn1)c1nc2c(Cl)ccc(Cl)c2c(=O)n1-c1ccccc1. The molecule has 0 bridgehead atoms. The molecule has 0 fully saturated rings. The number of hydrogen-bond donors (Lipinski definition) is 2. The summed E-state index contributed by atoms with van der Waals surface area (Å²) < 4.78 is 14.7. The van der Waals surface area contributed by atoms with Crippen LogP contribution >= 0.6 is 23.2 Å². The zero-order chi connectivity index (χ0) is 26.8. The van der Waals surface area contributed by atoms with Crippen molar-refractivity contribution in [1.82, 2.24) is 24.5 Å². The number of rotatable bonds is 4. The minimum absolute atomic E-state index is 0.131. The first kappa shape index (κ1) is 25.1. The van der Waals surface area contributed by atoms with Gasteiger partial charge in [0.15, 0.2) is 0 Å². The quantitative estimate of drug-likeness (QED) is 0.299. The molecule has 0 saturated heterocycles. The summed E-state index contributed by atoms with van der Waals surface area (Å²) in [5, 5.41) is 3.98. The van der Waals surface area contributed by atoms with E-state index in [4.69, 9.17) is 33.9 Å². The van der Waals surface area contributed by atoms with Crippen molar-refractivity contribution >= 4 is 45.7 Å². The van der Waals surface area contributed by atoms with Gasteiger partial charge in [-0.15, -0.1) is 0 Å². The second-order valence-corrected chi connectivity index (χ2v) is 8.97. The number of para-hydroxylation sites is 1. The van der Waals surface area contributed by atoms with Gasteiger partial charge in [0.2, 0.25) is 0 Å². The van der Waals surface area contributed by atoms with Crippen LogP contribution in [-0.4, -0.2) is 24.5 Å². The van der Waals surface area contributed by atoms with E-state index in [2.05, 4.69) is 32.1 Å². The Morgan fingerprint density at radius 1 is 1.00 bits per heavy atom. The topological polar surface area (TPSA) is 112 Å². The zero-order valence-corrected chi connectivity index (χ0v) is 21.3. The minimum atomic E-state index is -0.582. The number of nitrogen functional groups attached to an aromatic ring is 1. The van der Waals surface area contributed by atoms with Gasteiger partial charge in [-0.3, -0.25) is 9.36 Å². The molecule has 0 aliphatic heterocycles. The second-order valence-electron chi connectivity index (χ2n) is 8.16. The number of halogens is 3. The van der Waals surface area contributed by atoms with Gasteiger partial charge in [0.1, 0.15) is 40.9 Å². The van der Waals surface area contributed by atoms with E-state index < -0.39 is 11.9 Å². The Labute approximate surface area is 226 Å². The van der Waals surface area contributed by atoms with Gasteiger partial charge in [-0.2, -0.15) is 0 Å². The molecule has 0 saturated carbocycles. The van der Waals surface area contributed by atoms with E-state index >= 15 is 0 Å². The number of hydrogen-bond acceptors (Lipinski definition) is 7. The number of nitrogens with one attached hydrogen (secondary N) is 1. The van der Waals surface area contributed by atoms with Crippen LogP contribution in [0.15, 0.2) is 71.9 Å². The Hall–Kier alpha value is -4.52. The smallest absolute Gasteiger partial charge is 0.267 e. The molecule has 1 atom stereocenters. The fraction of sp³-hybridized carbons (Fsp3) is 0.0741. The monoisotopic (exact) mass is 545 g/mol. The third-order valence-corrected chi connectivity index (χ3v) is 6.24. The molecule has 5 rings (SSSR count). The summed E-state index contributed by atoms with van der Waals surface area (Å²) in [5.41, 5.74) is 7.25. The lowest BCUT2D eigenvalue weighted by Gasteiger charge is -2.21. The summed E-state index contributed by atoms with van der Waals surface area (Å²) in [5.74, 6) is 6.07. The normalized spacial score (nSPS) is 11.6. The van der Waals surface area contributed by atoms with Crippen LogP contribution < -0.4 is 16.6 Å². The van der Waals surface area contributed by atoms with E-state index in [0.717, 1.165) is 6.20 Å². The number of nitrogens with zero attached hydrogens (tertiary/aromatic N) is 5. The fourth-order valence-electron chi connectivity index (χ4n) is 3.83. The van der Waals surface area contributed by atoms with Gasteiger partial charge in [0.25, 0.3) is 5.56 Å². The predicted octanol–water partition coefficient (Wildman–Crippen LogP) is 5.17. The molecule has 11 heteroatoms. The largest absolute Gasteiger partial charge is 0.382 e. The van der Waals surface area contributed by atoms with Crippen molar-refractivity contribution in [3.63, 3.8) is 0 Å². The highest BCUT2D eigenvalue weighted by atomic mass is 35.5. The van der Waals surface area contributed by atoms with Gasteiger partial charge in [0, 0.05) is 0 Å². The lowest BCUT2D eigenvalue weighted by atomic mass is 10.2. The van der Waals surface area contributed by atoms with Crippen LogP contribution in [0.4, 0.5) is 16.0 Å². The minimum Gasteiger partial charge on any atom is -0.382 e. The van der Waals surface area contributed by atoms with Crippen molar-refractivity contribution in [2.24, 2.45) is 0 Å². The van der Waals surface area contributed by atoms with Gasteiger partial charge in [0.05, 0.1) is 38.9 Å². The van der Waals surface area contributed by atoms with Gasteiger partial charge in [-0.05, 0) is 49.2 Å². The summed E-state index contributed by atoms with van der Waals surface area (Å²) in [6.07, 6.45) is 2.36. The lowest BCUT2D eigenvalue weighted by Crippen LogP contribution is -2.28. The summed E-state index contributed by atoms with van der Waals surface area (Å²) in [4.78, 5) is 30.8. The maximum Gasteiger partial charge on any atom is 0.267 e. The fourth-order valence-corrected chi connectivity index (χ4v) is 4.26. The molecule has 2 aromatic carbocycles. The highest BCUT2D eigenvalue weighted by Crippen LogP contribution is 2.29. The number of aromatic nitrogens is 5. The van der Waals surface area contributed by atoms with Crippen molar-refractivity contribution < 1.29 is 4.39 Å². The highest BCUT2D eigenvalue weighted by molar-refractivity contribution is 6.39. The summed E-state index contributed by atoms with van der Waals surface area (Å²) >= 11 is 12.8. The van der Waals surface area contributed by atoms with Gasteiger partial charge in [-0.25, -0.2) is 24.3 Å². The molecule has 38 heavy (non-hydrogen) atoms. The van der Waals surface area contributed by atoms with Crippen molar-refractivity contribution in [3.8, 4) is 17.5 Å². The molecule has 3 N–H and O–H groups in total. The van der Waals surface area contributed by atoms with Gasteiger partial charge < -0.3 is 11.1 Å². The van der Waals surface area contributed by atoms with Crippen LogP contribution in [0.5, 0.6) is 0 Å². The number of anilines is 2. The van der Waals surface area contributed by atoms with Crippen LogP contribution in [0.2, 0.25) is 10.0 Å². The second kappa shape index (κ2) is 10.5. The van der Waals surface area contributed by atoms with E-state index in [1.165, 1.54) is 23.0 Å². The summed E-state index contributed by atoms with van der Waals surface area (Å²) in [6, 6.07) is 14.3. The molecule has 1 unspecified atom stereocenters. The Morgan fingerprint density at radius 3 is 2.50 bits per heavy atom. The van der Waals surface area contributed by atoms with Crippen LogP contribution in [0.1, 0.15) is 30.0 Å². The Balaban J connectivity index is 1.63. The molecule has 5 aromatic rings. The molecule has 0 radical (unpaired) electrons. The molecular formula is C27H18Cl2FN7O. The first-order chi connectivity index (χ1) is 18.3. The predicted molar refractivity (Wildman–Crippen MR) is 146 cm³/mol. The average molecular weight is 546 g/mol. The van der Waals surface area contributed by atoms with Crippen LogP contribution in [0.25, 0.3) is 16.6 Å². The van der Waals surface area contributed by atoms with E-state index in [1.54, 1.807) is 24.3 Å². The standard InChI is InChI=1S/C27H18Cl2FN7O/c1-15(35-25-19(24(31)33-14-34-25)10-9-17-8-7-16(30)13-32-17)26-36-23-21(29)12-11-20(28)22(23)27(38)37(26)18-5-3-2-4-6-18/h2-8,11-15H,1H3,(H3,31,33,34,35). The van der Waals surface area contributed by atoms with Crippen LogP contribution in [0, 0.1) is 17.7 Å². The lowest BCUT2D eigenvalue weighted by molar-refractivity contribution is 0.621. The number of pyridine rings is 1. The Kier molecular flexibility index (Phi) is 6.92. The van der Waals surface area contributed by atoms with Gasteiger partial charge in [-0.1, -0.05) is 47.3 Å². The Morgan fingerprint density at radius 2 is 1.76 bits per heavy atom. The summed E-state index contributed by atoms with van der Waals surface area (Å²) in [6.45, 7) is 1.81. The van der Waals surface area contributed by atoms with E-state index in [-0.39, 0.29) is 27.3 Å². The molecule has 0 aliphatic carbocycles. The molecule has 8 nitrogen and oxygen atoms in total. The molecular weight excluding hydrogens is 528 g/mol. The highest BCUT2D eigenvalue weighted by Gasteiger charge is 2.22. The third-order valence-electron chi connectivity index (χ3n) is 5.62. The molecule has 0 spiro atoms. The van der Waals surface area contributed by atoms with E-state index in [1.807, 2.05) is 25.1 Å². The summed E-state index contributed by atoms with van der Waals surface area (Å²) in [7, 11) is 0.